The molecule has 2 aromatic carbocycles. The second kappa shape index (κ2) is 8.87. The molecule has 3 aromatic rings. The molecule has 0 saturated carbocycles. The van der Waals surface area contributed by atoms with Crippen LogP contribution in [0.1, 0.15) is 36.4 Å². The van der Waals surface area contributed by atoms with Crippen molar-refractivity contribution in [3.05, 3.63) is 68.4 Å². The highest BCUT2D eigenvalue weighted by molar-refractivity contribution is 9.10. The number of non-ortho nitro benzene ring substituents is 1. The first kappa shape index (κ1) is 20.5. The Morgan fingerprint density at radius 3 is 2.83 bits per heavy atom. The van der Waals surface area contributed by atoms with Crippen LogP contribution in [0.25, 0.3) is 11.0 Å². The van der Waals surface area contributed by atoms with Crippen molar-refractivity contribution in [2.45, 2.75) is 26.4 Å². The lowest BCUT2D eigenvalue weighted by atomic mass is 10.2. The van der Waals surface area contributed by atoms with E-state index in [1.165, 1.54) is 30.5 Å². The van der Waals surface area contributed by atoms with Crippen LogP contribution >= 0.6 is 15.9 Å². The molecule has 0 unspecified atom stereocenters. The molecule has 0 aliphatic rings. The SMILES string of the molecule is CC[C@H](C)Oc1ccc(/C=N\NC(=O)c2cc3cc([N+](=O)[O-])ccc3o2)cc1Br. The Morgan fingerprint density at radius 1 is 1.34 bits per heavy atom. The Bertz CT molecular complexity index is 1090. The Kier molecular flexibility index (Phi) is 6.28. The zero-order valence-electron chi connectivity index (χ0n) is 15.7. The van der Waals surface area contributed by atoms with E-state index < -0.39 is 10.8 Å². The van der Waals surface area contributed by atoms with E-state index in [9.17, 15) is 14.9 Å². The van der Waals surface area contributed by atoms with Crippen LogP contribution < -0.4 is 10.2 Å². The monoisotopic (exact) mass is 459 g/mol. The van der Waals surface area contributed by atoms with Gasteiger partial charge in [-0.2, -0.15) is 5.10 Å². The van der Waals surface area contributed by atoms with Crippen molar-refractivity contribution in [2.75, 3.05) is 0 Å². The maximum absolute atomic E-state index is 12.2. The fraction of sp³-hybridized carbons (Fsp3) is 0.200. The number of hydrogen-bond donors (Lipinski definition) is 1. The minimum absolute atomic E-state index is 0.0103. The van der Waals surface area contributed by atoms with E-state index in [2.05, 4.69) is 26.5 Å². The molecule has 0 radical (unpaired) electrons. The molecule has 0 saturated heterocycles. The summed E-state index contributed by atoms with van der Waals surface area (Å²) in [5.41, 5.74) is 3.44. The molecule has 0 bridgehead atoms. The third-order valence-corrected chi connectivity index (χ3v) is 4.79. The fourth-order valence-corrected chi connectivity index (χ4v) is 2.96. The number of fused-ring (bicyclic) bond motifs is 1. The van der Waals surface area contributed by atoms with E-state index in [0.29, 0.717) is 11.0 Å². The zero-order valence-corrected chi connectivity index (χ0v) is 17.3. The Hall–Kier alpha value is -3.20. The number of hydrogen-bond acceptors (Lipinski definition) is 6. The summed E-state index contributed by atoms with van der Waals surface area (Å²) in [4.78, 5) is 22.6. The summed E-state index contributed by atoms with van der Waals surface area (Å²) in [6.45, 7) is 4.04. The van der Waals surface area contributed by atoms with Gasteiger partial charge in [0.1, 0.15) is 11.3 Å². The topological polar surface area (TPSA) is 107 Å². The number of nitrogens with zero attached hydrogens (tertiary/aromatic N) is 2. The summed E-state index contributed by atoms with van der Waals surface area (Å²) in [6, 6.07) is 11.0. The predicted octanol–water partition coefficient (Wildman–Crippen LogP) is 5.04. The number of benzene rings is 2. The summed E-state index contributed by atoms with van der Waals surface area (Å²) < 4.78 is 12.0. The van der Waals surface area contributed by atoms with Gasteiger partial charge in [0.25, 0.3) is 5.69 Å². The number of nitro groups is 1. The molecular weight excluding hydrogens is 442 g/mol. The van der Waals surface area contributed by atoms with E-state index in [0.717, 1.165) is 22.2 Å². The van der Waals surface area contributed by atoms with Gasteiger partial charge in [-0.15, -0.1) is 0 Å². The third kappa shape index (κ3) is 5.00. The minimum atomic E-state index is -0.559. The van der Waals surface area contributed by atoms with E-state index in [4.69, 9.17) is 9.15 Å². The van der Waals surface area contributed by atoms with Crippen molar-refractivity contribution in [1.82, 2.24) is 5.43 Å². The normalized spacial score (nSPS) is 12.2. The molecule has 1 atom stereocenters. The van der Waals surface area contributed by atoms with E-state index in [1.807, 2.05) is 32.0 Å². The van der Waals surface area contributed by atoms with Gasteiger partial charge in [0.2, 0.25) is 0 Å². The van der Waals surface area contributed by atoms with Gasteiger partial charge < -0.3 is 9.15 Å². The average molecular weight is 460 g/mol. The molecule has 29 heavy (non-hydrogen) atoms. The van der Waals surface area contributed by atoms with Crippen molar-refractivity contribution in [3.8, 4) is 5.75 Å². The van der Waals surface area contributed by atoms with Gasteiger partial charge in [-0.3, -0.25) is 14.9 Å². The Labute approximate surface area is 174 Å². The fourth-order valence-electron chi connectivity index (χ4n) is 2.47. The van der Waals surface area contributed by atoms with Crippen LogP contribution in [0.15, 0.2) is 56.5 Å². The van der Waals surface area contributed by atoms with Gasteiger partial charge in [-0.25, -0.2) is 5.43 Å². The van der Waals surface area contributed by atoms with Gasteiger partial charge in [-0.05, 0) is 65.2 Å². The molecular formula is C20H18BrN3O5. The second-order valence-electron chi connectivity index (χ2n) is 6.32. The van der Waals surface area contributed by atoms with Gasteiger partial charge in [0.15, 0.2) is 5.76 Å². The molecule has 3 rings (SSSR count). The summed E-state index contributed by atoms with van der Waals surface area (Å²) in [5, 5.41) is 15.2. The molecule has 1 N–H and O–H groups in total. The number of carbonyl (C=O) groups excluding carboxylic acids is 1. The molecule has 1 aromatic heterocycles. The first-order valence-corrected chi connectivity index (χ1v) is 9.64. The molecule has 9 heteroatoms. The summed E-state index contributed by atoms with van der Waals surface area (Å²) in [6.07, 6.45) is 2.50. The lowest BCUT2D eigenvalue weighted by molar-refractivity contribution is -0.384. The van der Waals surface area contributed by atoms with Crippen LogP contribution in [0, 0.1) is 10.1 Å². The number of amides is 1. The smallest absolute Gasteiger partial charge is 0.307 e. The third-order valence-electron chi connectivity index (χ3n) is 4.17. The summed E-state index contributed by atoms with van der Waals surface area (Å²) in [7, 11) is 0. The highest BCUT2D eigenvalue weighted by Gasteiger charge is 2.14. The summed E-state index contributed by atoms with van der Waals surface area (Å²) >= 11 is 3.46. The number of furan rings is 1. The first-order chi connectivity index (χ1) is 13.9. The Balaban J connectivity index is 1.67. The van der Waals surface area contributed by atoms with Crippen LogP contribution in [0.5, 0.6) is 5.75 Å². The lowest BCUT2D eigenvalue weighted by Crippen LogP contribution is -2.16. The molecule has 150 valence electrons. The maximum atomic E-state index is 12.2. The van der Waals surface area contributed by atoms with Crippen molar-refractivity contribution < 1.29 is 18.9 Å². The van der Waals surface area contributed by atoms with Gasteiger partial charge >= 0.3 is 5.91 Å². The molecule has 0 aliphatic heterocycles. The first-order valence-electron chi connectivity index (χ1n) is 8.85. The molecule has 1 amide bonds. The number of nitro benzene ring substituents is 1. The number of hydrazone groups is 1. The quantitative estimate of drug-likeness (QED) is 0.302. The van der Waals surface area contributed by atoms with Crippen LogP contribution in [0.2, 0.25) is 0 Å². The number of rotatable bonds is 7. The molecule has 0 spiro atoms. The van der Waals surface area contributed by atoms with Gasteiger partial charge in [0, 0.05) is 17.5 Å². The van der Waals surface area contributed by atoms with E-state index in [-0.39, 0.29) is 17.6 Å². The number of halogens is 1. The van der Waals surface area contributed by atoms with E-state index >= 15 is 0 Å². The van der Waals surface area contributed by atoms with Crippen molar-refractivity contribution in [3.63, 3.8) is 0 Å². The van der Waals surface area contributed by atoms with Crippen LogP contribution in [0.3, 0.4) is 0 Å². The molecule has 0 fully saturated rings. The number of carbonyl (C=O) groups is 1. The van der Waals surface area contributed by atoms with Crippen molar-refractivity contribution in [2.24, 2.45) is 5.10 Å². The number of ether oxygens (including phenoxy) is 1. The molecule has 0 aliphatic carbocycles. The second-order valence-corrected chi connectivity index (χ2v) is 7.17. The van der Waals surface area contributed by atoms with Gasteiger partial charge in [-0.1, -0.05) is 6.92 Å². The highest BCUT2D eigenvalue weighted by atomic mass is 79.9. The number of nitrogens with one attached hydrogen (secondary N) is 1. The molecule has 8 nitrogen and oxygen atoms in total. The van der Waals surface area contributed by atoms with E-state index in [1.54, 1.807) is 0 Å². The molecule has 1 heterocycles. The zero-order chi connectivity index (χ0) is 21.0. The largest absolute Gasteiger partial charge is 0.490 e. The predicted molar refractivity (Wildman–Crippen MR) is 112 cm³/mol. The van der Waals surface area contributed by atoms with Crippen molar-refractivity contribution >= 4 is 44.7 Å². The van der Waals surface area contributed by atoms with Crippen LogP contribution in [-0.4, -0.2) is 23.1 Å². The average Bonchev–Trinajstić information content (AvgIpc) is 3.13. The summed E-state index contributed by atoms with van der Waals surface area (Å²) in [5.74, 6) is 0.184. The standard InChI is InChI=1S/C20H18BrN3O5/c1-3-12(2)28-18-6-4-13(8-16(18)21)11-22-23-20(25)19-10-14-9-15(24(26)27)5-7-17(14)29-19/h4-12H,3H2,1-2H3,(H,23,25)/b22-11-/t12-/m0/s1. The highest BCUT2D eigenvalue weighted by Crippen LogP contribution is 2.27. The Morgan fingerprint density at radius 2 is 2.14 bits per heavy atom. The minimum Gasteiger partial charge on any atom is -0.490 e. The van der Waals surface area contributed by atoms with Crippen LogP contribution in [0.4, 0.5) is 5.69 Å². The maximum Gasteiger partial charge on any atom is 0.307 e. The lowest BCUT2D eigenvalue weighted by Gasteiger charge is -2.14. The van der Waals surface area contributed by atoms with Crippen LogP contribution in [-0.2, 0) is 0 Å². The van der Waals surface area contributed by atoms with Gasteiger partial charge in [0.05, 0.1) is 21.7 Å². The van der Waals surface area contributed by atoms with Crippen molar-refractivity contribution in [1.29, 1.82) is 0 Å².